The van der Waals surface area contributed by atoms with E-state index in [1.54, 1.807) is 36.5 Å². The third kappa shape index (κ3) is 3.58. The van der Waals surface area contributed by atoms with Crippen LogP contribution in [0, 0.1) is 6.92 Å². The molecule has 1 N–H and O–H groups in total. The summed E-state index contributed by atoms with van der Waals surface area (Å²) in [7, 11) is 0. The first kappa shape index (κ1) is 17.7. The number of hydrogen-bond acceptors (Lipinski definition) is 7. The van der Waals surface area contributed by atoms with E-state index in [1.165, 1.54) is 18.7 Å². The Balaban J connectivity index is 1.70. The fraction of sp³-hybridized carbons (Fsp3) is 0.0500. The molecule has 0 fully saturated rings. The molecule has 0 aromatic carbocycles. The Kier molecular flexibility index (Phi) is 4.77. The van der Waals surface area contributed by atoms with Crippen LogP contribution in [-0.2, 0) is 0 Å². The van der Waals surface area contributed by atoms with Crippen molar-refractivity contribution >= 4 is 28.2 Å². The summed E-state index contributed by atoms with van der Waals surface area (Å²) < 4.78 is 5.42. The summed E-state index contributed by atoms with van der Waals surface area (Å²) in [4.78, 5) is 38.2. The predicted octanol–water partition coefficient (Wildman–Crippen LogP) is 3.98. The van der Waals surface area contributed by atoms with Crippen LogP contribution >= 0.6 is 11.3 Å². The Morgan fingerprint density at radius 2 is 1.93 bits per heavy atom. The minimum atomic E-state index is -0.338. The minimum absolute atomic E-state index is 0.284. The lowest BCUT2D eigenvalue weighted by Gasteiger charge is -2.00. The second kappa shape index (κ2) is 7.53. The third-order valence-corrected chi connectivity index (χ3v) is 4.86. The third-order valence-electron chi connectivity index (χ3n) is 3.89. The van der Waals surface area contributed by atoms with Crippen molar-refractivity contribution in [3.05, 3.63) is 82.9 Å². The molecule has 0 spiro atoms. The van der Waals surface area contributed by atoms with Gasteiger partial charge < -0.3 is 4.42 Å². The molecular weight excluding hydrogens is 376 g/mol. The van der Waals surface area contributed by atoms with Crippen LogP contribution in [0.1, 0.15) is 31.3 Å². The van der Waals surface area contributed by atoms with E-state index < -0.39 is 0 Å². The van der Waals surface area contributed by atoms with Gasteiger partial charge in [0.1, 0.15) is 16.3 Å². The summed E-state index contributed by atoms with van der Waals surface area (Å²) in [6.45, 7) is 1.90. The van der Waals surface area contributed by atoms with E-state index in [1.807, 2.05) is 13.0 Å². The van der Waals surface area contributed by atoms with Gasteiger partial charge >= 0.3 is 0 Å². The molecule has 0 aliphatic carbocycles. The number of carbonyl (C=O) groups excluding carboxylic acids is 2. The highest BCUT2D eigenvalue weighted by atomic mass is 32.1. The fourth-order valence-electron chi connectivity index (χ4n) is 2.50. The number of hydrogen-bond donors (Lipinski definition) is 1. The van der Waals surface area contributed by atoms with Crippen LogP contribution in [0.4, 0.5) is 5.13 Å². The number of carbonyl (C=O) groups is 2. The minimum Gasteiger partial charge on any atom is -0.463 e. The van der Waals surface area contributed by atoms with Gasteiger partial charge in [0.2, 0.25) is 5.78 Å². The number of aryl methyl sites for hydroxylation is 1. The van der Waals surface area contributed by atoms with Gasteiger partial charge in [-0.05, 0) is 42.8 Å². The normalized spacial score (nSPS) is 10.6. The molecule has 28 heavy (non-hydrogen) atoms. The van der Waals surface area contributed by atoms with Crippen molar-refractivity contribution in [2.24, 2.45) is 0 Å². The Morgan fingerprint density at radius 3 is 2.61 bits per heavy atom. The molecule has 0 bridgehead atoms. The monoisotopic (exact) mass is 390 g/mol. The van der Waals surface area contributed by atoms with E-state index in [-0.39, 0.29) is 11.7 Å². The van der Waals surface area contributed by atoms with Crippen molar-refractivity contribution in [3.63, 3.8) is 0 Å². The Morgan fingerprint density at radius 1 is 1.11 bits per heavy atom. The molecule has 8 heteroatoms. The number of thiazole rings is 1. The maximum Gasteiger partial charge on any atom is 0.257 e. The Labute approximate surface area is 164 Å². The molecule has 4 heterocycles. The first-order valence-electron chi connectivity index (χ1n) is 8.35. The summed E-state index contributed by atoms with van der Waals surface area (Å²) in [5, 5.41) is 3.02. The zero-order chi connectivity index (χ0) is 19.5. The molecule has 4 rings (SSSR count). The highest BCUT2D eigenvalue weighted by Gasteiger charge is 2.24. The first-order chi connectivity index (χ1) is 13.6. The Hall–Kier alpha value is -3.65. The molecule has 0 saturated heterocycles. The largest absolute Gasteiger partial charge is 0.463 e. The summed E-state index contributed by atoms with van der Waals surface area (Å²) in [6, 6.07) is 10.1. The van der Waals surface area contributed by atoms with Crippen molar-refractivity contribution in [1.29, 1.82) is 0 Å². The molecule has 0 saturated carbocycles. The van der Waals surface area contributed by atoms with Crippen molar-refractivity contribution in [2.75, 3.05) is 5.32 Å². The number of pyridine rings is 2. The van der Waals surface area contributed by atoms with Crippen LogP contribution in [0.25, 0.3) is 11.5 Å². The number of aromatic nitrogens is 3. The number of nitrogens with one attached hydrogen (secondary N) is 1. The van der Waals surface area contributed by atoms with Gasteiger partial charge in [-0.15, -0.1) is 0 Å². The van der Waals surface area contributed by atoms with Crippen molar-refractivity contribution in [3.8, 4) is 11.5 Å². The van der Waals surface area contributed by atoms with E-state index >= 15 is 0 Å². The fourth-order valence-corrected chi connectivity index (χ4v) is 3.41. The van der Waals surface area contributed by atoms with Crippen LogP contribution in [0.5, 0.6) is 0 Å². The van der Waals surface area contributed by atoms with Gasteiger partial charge in [0.15, 0.2) is 10.9 Å². The lowest BCUT2D eigenvalue weighted by molar-refractivity contribution is 0.102. The van der Waals surface area contributed by atoms with Gasteiger partial charge in [0.25, 0.3) is 5.91 Å². The molecule has 0 unspecified atom stereocenters. The van der Waals surface area contributed by atoms with Crippen LogP contribution in [-0.4, -0.2) is 26.6 Å². The molecule has 138 valence electrons. The van der Waals surface area contributed by atoms with E-state index in [4.69, 9.17) is 4.42 Å². The lowest BCUT2D eigenvalue weighted by atomic mass is 10.1. The van der Waals surface area contributed by atoms with Crippen LogP contribution in [0.15, 0.2) is 65.7 Å². The maximum absolute atomic E-state index is 13.0. The smallest absolute Gasteiger partial charge is 0.257 e. The number of rotatable bonds is 5. The molecule has 0 atom stereocenters. The summed E-state index contributed by atoms with van der Waals surface area (Å²) in [5.74, 6) is -0.181. The number of furan rings is 1. The van der Waals surface area contributed by atoms with Gasteiger partial charge in [-0.1, -0.05) is 17.4 Å². The van der Waals surface area contributed by atoms with Gasteiger partial charge in [-0.25, -0.2) is 4.98 Å². The number of nitrogens with zero attached hydrogens (tertiary/aromatic N) is 3. The summed E-state index contributed by atoms with van der Waals surface area (Å²) in [5.41, 5.74) is 2.07. The van der Waals surface area contributed by atoms with Crippen LogP contribution in [0.3, 0.4) is 0 Å². The number of anilines is 1. The highest BCUT2D eigenvalue weighted by Crippen LogP contribution is 2.33. The van der Waals surface area contributed by atoms with Crippen molar-refractivity contribution in [2.45, 2.75) is 6.92 Å². The van der Waals surface area contributed by atoms with Crippen LogP contribution in [0.2, 0.25) is 0 Å². The molecule has 0 aliphatic heterocycles. The average molecular weight is 390 g/mol. The molecule has 0 aliphatic rings. The topological polar surface area (TPSA) is 98.0 Å². The van der Waals surface area contributed by atoms with Crippen molar-refractivity contribution < 1.29 is 14.0 Å². The zero-order valence-electron chi connectivity index (χ0n) is 14.7. The molecule has 4 aromatic rings. The lowest BCUT2D eigenvalue weighted by Crippen LogP contribution is -2.11. The van der Waals surface area contributed by atoms with E-state index in [0.29, 0.717) is 32.7 Å². The molecule has 0 radical (unpaired) electrons. The summed E-state index contributed by atoms with van der Waals surface area (Å²) in [6.07, 6.45) is 6.20. The van der Waals surface area contributed by atoms with E-state index in [2.05, 4.69) is 20.3 Å². The number of ketones is 1. The van der Waals surface area contributed by atoms with E-state index in [9.17, 15) is 9.59 Å². The zero-order valence-corrected chi connectivity index (χ0v) is 15.6. The second-order valence-corrected chi connectivity index (χ2v) is 6.91. The first-order valence-corrected chi connectivity index (χ1v) is 9.17. The second-order valence-electron chi connectivity index (χ2n) is 5.91. The quantitative estimate of drug-likeness (QED) is 0.518. The van der Waals surface area contributed by atoms with Gasteiger partial charge in [-0.2, -0.15) is 0 Å². The van der Waals surface area contributed by atoms with Crippen LogP contribution < -0.4 is 5.32 Å². The molecule has 7 nitrogen and oxygen atoms in total. The molecule has 1 amide bonds. The number of amides is 1. The predicted molar refractivity (Wildman–Crippen MR) is 104 cm³/mol. The SMILES string of the molecule is Cc1ccc(C(=O)c2sc(NC(=O)c3ccncc3)nc2-c2ccco2)nc1. The average Bonchev–Trinajstić information content (AvgIpc) is 3.38. The van der Waals surface area contributed by atoms with Crippen molar-refractivity contribution in [1.82, 2.24) is 15.0 Å². The Bertz CT molecular complexity index is 1120. The van der Waals surface area contributed by atoms with Gasteiger partial charge in [0.05, 0.1) is 6.26 Å². The standard InChI is InChI=1S/C20H14N4O3S/c1-12-4-5-14(22-11-12)17(25)18-16(15-3-2-10-27-15)23-20(28-18)24-19(26)13-6-8-21-9-7-13/h2-11H,1H3,(H,23,24,26). The summed E-state index contributed by atoms with van der Waals surface area (Å²) >= 11 is 1.08. The molecule has 4 aromatic heterocycles. The van der Waals surface area contributed by atoms with Gasteiger partial charge in [0, 0.05) is 24.2 Å². The molecular formula is C20H14N4O3S. The maximum atomic E-state index is 13.0. The van der Waals surface area contributed by atoms with Gasteiger partial charge in [-0.3, -0.25) is 24.9 Å². The highest BCUT2D eigenvalue weighted by molar-refractivity contribution is 7.18. The van der Waals surface area contributed by atoms with E-state index in [0.717, 1.165) is 16.9 Å².